The van der Waals surface area contributed by atoms with E-state index in [0.717, 1.165) is 12.8 Å². The van der Waals surface area contributed by atoms with E-state index in [-0.39, 0.29) is 0 Å². The summed E-state index contributed by atoms with van der Waals surface area (Å²) in [4.78, 5) is 0. The summed E-state index contributed by atoms with van der Waals surface area (Å²) in [5.74, 6) is 1.25. The molecule has 2 aromatic carbocycles. The van der Waals surface area contributed by atoms with E-state index >= 15 is 0 Å². The molecule has 1 saturated carbocycles. The lowest BCUT2D eigenvalue weighted by Gasteiger charge is -2.26. The van der Waals surface area contributed by atoms with E-state index in [4.69, 9.17) is 0 Å². The molecule has 1 fully saturated rings. The maximum atomic E-state index is 11.3. The van der Waals surface area contributed by atoms with Gasteiger partial charge in [-0.25, -0.2) is 0 Å². The number of hydrogen-bond acceptors (Lipinski definition) is 1. The average Bonchev–Trinajstić information content (AvgIpc) is 3.22. The second-order valence-corrected chi connectivity index (χ2v) is 8.71. The van der Waals surface area contributed by atoms with E-state index in [9.17, 15) is 5.11 Å². The Bertz CT molecular complexity index is 827. The number of aryl methyl sites for hydroxylation is 3. The van der Waals surface area contributed by atoms with Crippen LogP contribution >= 0.6 is 0 Å². The van der Waals surface area contributed by atoms with Crippen molar-refractivity contribution in [2.45, 2.75) is 83.0 Å². The first kappa shape index (κ1) is 16.4. The van der Waals surface area contributed by atoms with Gasteiger partial charge in [-0.2, -0.15) is 0 Å². The molecule has 0 amide bonds. The van der Waals surface area contributed by atoms with Gasteiger partial charge in [0, 0.05) is 5.56 Å². The van der Waals surface area contributed by atoms with Crippen LogP contribution in [-0.2, 0) is 25.7 Å². The molecule has 0 atom stereocenters. The van der Waals surface area contributed by atoms with Gasteiger partial charge in [0.15, 0.2) is 0 Å². The summed E-state index contributed by atoms with van der Waals surface area (Å²) in [5.41, 5.74) is 9.59. The summed E-state index contributed by atoms with van der Waals surface area (Å²) < 4.78 is 0. The maximum absolute atomic E-state index is 11.3. The third kappa shape index (κ3) is 2.76. The third-order valence-electron chi connectivity index (χ3n) is 7.08. The molecule has 3 aliphatic rings. The smallest absolute Gasteiger partial charge is 0.127 e. The van der Waals surface area contributed by atoms with E-state index in [0.29, 0.717) is 11.7 Å². The van der Waals surface area contributed by atoms with Crippen LogP contribution in [0.3, 0.4) is 0 Å². The van der Waals surface area contributed by atoms with Crippen LogP contribution in [-0.4, -0.2) is 5.11 Å². The molecular formula is C25H30O. The lowest BCUT2D eigenvalue weighted by atomic mass is 9.80. The fourth-order valence-electron chi connectivity index (χ4n) is 5.66. The van der Waals surface area contributed by atoms with E-state index in [1.54, 1.807) is 0 Å². The first-order valence-electron chi connectivity index (χ1n) is 10.8. The first-order chi connectivity index (χ1) is 12.8. The van der Waals surface area contributed by atoms with E-state index in [2.05, 4.69) is 24.3 Å². The zero-order valence-corrected chi connectivity index (χ0v) is 15.8. The van der Waals surface area contributed by atoms with Crippen LogP contribution < -0.4 is 0 Å². The van der Waals surface area contributed by atoms with Crippen molar-refractivity contribution in [1.82, 2.24) is 0 Å². The summed E-state index contributed by atoms with van der Waals surface area (Å²) in [6.07, 6.45) is 15.0. The highest BCUT2D eigenvalue weighted by Crippen LogP contribution is 2.47. The van der Waals surface area contributed by atoms with Crippen LogP contribution in [0.2, 0.25) is 0 Å². The van der Waals surface area contributed by atoms with Crippen LogP contribution in [0.5, 0.6) is 5.75 Å². The number of fused-ring (bicyclic) bond motifs is 2. The molecule has 0 radical (unpaired) electrons. The summed E-state index contributed by atoms with van der Waals surface area (Å²) >= 11 is 0. The molecule has 1 heteroatoms. The molecule has 5 rings (SSSR count). The highest BCUT2D eigenvalue weighted by molar-refractivity contribution is 5.78. The van der Waals surface area contributed by atoms with Gasteiger partial charge in [0.25, 0.3) is 0 Å². The minimum absolute atomic E-state index is 0.611. The van der Waals surface area contributed by atoms with Crippen molar-refractivity contribution in [3.8, 4) is 16.9 Å². The highest BCUT2D eigenvalue weighted by Gasteiger charge is 2.27. The fraction of sp³-hybridized carbons (Fsp3) is 0.520. The Balaban J connectivity index is 1.69. The van der Waals surface area contributed by atoms with Crippen molar-refractivity contribution in [2.75, 3.05) is 0 Å². The Hall–Kier alpha value is -1.76. The molecule has 1 N–H and O–H groups in total. The topological polar surface area (TPSA) is 20.2 Å². The van der Waals surface area contributed by atoms with Gasteiger partial charge in [0.05, 0.1) is 0 Å². The van der Waals surface area contributed by atoms with Gasteiger partial charge in [0.1, 0.15) is 5.75 Å². The lowest BCUT2D eigenvalue weighted by molar-refractivity contribution is 0.462. The lowest BCUT2D eigenvalue weighted by Crippen LogP contribution is -2.08. The number of phenols is 1. The predicted octanol–water partition coefficient (Wildman–Crippen LogP) is 6.47. The second kappa shape index (κ2) is 6.76. The average molecular weight is 347 g/mol. The maximum Gasteiger partial charge on any atom is 0.127 e. The molecule has 0 unspecified atom stereocenters. The Kier molecular flexibility index (Phi) is 4.27. The molecule has 0 saturated heterocycles. The van der Waals surface area contributed by atoms with Crippen LogP contribution in [0.15, 0.2) is 24.3 Å². The summed E-state index contributed by atoms with van der Waals surface area (Å²) in [5, 5.41) is 11.3. The van der Waals surface area contributed by atoms with Crippen LogP contribution in [0.4, 0.5) is 0 Å². The molecule has 3 aliphatic carbocycles. The number of hydrogen-bond donors (Lipinski definition) is 1. The zero-order valence-electron chi connectivity index (χ0n) is 15.8. The number of rotatable bonds is 2. The van der Waals surface area contributed by atoms with Gasteiger partial charge in [0.2, 0.25) is 0 Å². The van der Waals surface area contributed by atoms with Crippen molar-refractivity contribution >= 4 is 0 Å². The first-order valence-corrected chi connectivity index (χ1v) is 10.8. The van der Waals surface area contributed by atoms with E-state index in [1.165, 1.54) is 103 Å². The summed E-state index contributed by atoms with van der Waals surface area (Å²) in [6, 6.07) is 9.50. The van der Waals surface area contributed by atoms with Crippen LogP contribution in [0, 0.1) is 0 Å². The normalized spacial score (nSPS) is 20.0. The van der Waals surface area contributed by atoms with Gasteiger partial charge in [-0.1, -0.05) is 37.1 Å². The van der Waals surface area contributed by atoms with Crippen LogP contribution in [0.1, 0.15) is 85.1 Å². The Morgan fingerprint density at radius 2 is 1.38 bits per heavy atom. The highest BCUT2D eigenvalue weighted by atomic mass is 16.3. The van der Waals surface area contributed by atoms with Gasteiger partial charge in [-0.05, 0) is 104 Å². The molecule has 0 aromatic heterocycles. The van der Waals surface area contributed by atoms with Crippen molar-refractivity contribution in [3.05, 3.63) is 52.1 Å². The Morgan fingerprint density at radius 3 is 2.19 bits per heavy atom. The standard InChI is InChI=1S/C25H30O/c26-25-22-12-6-5-11-20(22)16-23(18-8-2-3-9-18)24(25)21-14-13-17-7-1-4-10-19(17)15-21/h13-16,18,26H,1-12H2. The Morgan fingerprint density at radius 1 is 0.692 bits per heavy atom. The summed E-state index contributed by atoms with van der Waals surface area (Å²) in [7, 11) is 0. The zero-order chi connectivity index (χ0) is 17.5. The molecule has 0 spiro atoms. The molecule has 136 valence electrons. The largest absolute Gasteiger partial charge is 0.507 e. The fourth-order valence-corrected chi connectivity index (χ4v) is 5.66. The van der Waals surface area contributed by atoms with Gasteiger partial charge >= 0.3 is 0 Å². The summed E-state index contributed by atoms with van der Waals surface area (Å²) in [6.45, 7) is 0. The molecule has 0 aliphatic heterocycles. The van der Waals surface area contributed by atoms with Crippen molar-refractivity contribution in [3.63, 3.8) is 0 Å². The van der Waals surface area contributed by atoms with Gasteiger partial charge in [-0.3, -0.25) is 0 Å². The van der Waals surface area contributed by atoms with Gasteiger partial charge in [-0.15, -0.1) is 0 Å². The Labute approximate surface area is 157 Å². The number of aromatic hydroxyl groups is 1. The third-order valence-corrected chi connectivity index (χ3v) is 7.08. The van der Waals surface area contributed by atoms with Crippen LogP contribution in [0.25, 0.3) is 11.1 Å². The molecule has 1 nitrogen and oxygen atoms in total. The van der Waals surface area contributed by atoms with E-state index < -0.39 is 0 Å². The quantitative estimate of drug-likeness (QED) is 0.660. The SMILES string of the molecule is Oc1c2c(cc(C3CCCC3)c1-c1ccc3c(c1)CCCC3)CCCC2. The minimum atomic E-state index is 0.611. The molecule has 0 bridgehead atoms. The molecule has 26 heavy (non-hydrogen) atoms. The monoisotopic (exact) mass is 346 g/mol. The number of phenolic OH excluding ortho intramolecular Hbond substituents is 1. The van der Waals surface area contributed by atoms with Gasteiger partial charge < -0.3 is 5.11 Å². The van der Waals surface area contributed by atoms with Crippen molar-refractivity contribution in [2.24, 2.45) is 0 Å². The van der Waals surface area contributed by atoms with Crippen molar-refractivity contribution in [1.29, 1.82) is 0 Å². The van der Waals surface area contributed by atoms with E-state index in [1.807, 2.05) is 0 Å². The minimum Gasteiger partial charge on any atom is -0.507 e. The predicted molar refractivity (Wildman–Crippen MR) is 108 cm³/mol. The molecule has 2 aromatic rings. The molecule has 0 heterocycles. The van der Waals surface area contributed by atoms with Crippen molar-refractivity contribution < 1.29 is 5.11 Å². The second-order valence-electron chi connectivity index (χ2n) is 8.71. The molecular weight excluding hydrogens is 316 g/mol. The number of benzene rings is 2.